The molecule has 1 aromatic carbocycles. The van der Waals surface area contributed by atoms with Crippen molar-refractivity contribution in [2.45, 2.75) is 57.3 Å². The molecule has 1 aliphatic carbocycles. The fraction of sp³-hybridized carbons (Fsp3) is 0.484. The average molecular weight is 581 g/mol. The maximum Gasteiger partial charge on any atom is 0.240 e. The topological polar surface area (TPSA) is 130 Å². The van der Waals surface area contributed by atoms with Crippen molar-refractivity contribution >= 4 is 35.1 Å². The molecule has 0 radical (unpaired) electrons. The molecule has 224 valence electrons. The second kappa shape index (κ2) is 12.0. The van der Waals surface area contributed by atoms with Crippen LogP contribution in [-0.4, -0.2) is 85.6 Å². The Morgan fingerprint density at radius 2 is 2.17 bits per heavy atom. The lowest BCUT2D eigenvalue weighted by Crippen LogP contribution is -2.52. The monoisotopic (exact) mass is 580 g/mol. The highest BCUT2D eigenvalue weighted by molar-refractivity contribution is 5.94. The van der Waals surface area contributed by atoms with Crippen LogP contribution in [-0.2, 0) is 36.8 Å². The fourth-order valence-electron chi connectivity index (χ4n) is 6.28. The van der Waals surface area contributed by atoms with Gasteiger partial charge in [-0.05, 0) is 49.0 Å². The van der Waals surface area contributed by atoms with Crippen LogP contribution in [0.15, 0.2) is 23.3 Å². The van der Waals surface area contributed by atoms with Gasteiger partial charge in [0.1, 0.15) is 23.7 Å². The van der Waals surface area contributed by atoms with Crippen molar-refractivity contribution in [3.05, 3.63) is 57.1 Å². The third kappa shape index (κ3) is 5.15. The molecule has 1 fully saturated rings. The lowest BCUT2D eigenvalue weighted by atomic mass is 9.81. The number of nitrogens with zero attached hydrogens (tertiary/aromatic N) is 2. The molecule has 0 spiro atoms. The standard InChI is InChI=1S/C31H37FN4O6/c1-5-31(40,16-38)21(18(13-37)14-41-4)10-26-29-20(12-36(26)3)28-23(35-30(39)25-15-42-9-8-33-25)7-6-19-17(2)22(32)11-24(34-29)27(19)28/h10-11,13,16,23,25,33,40H,5-9,12,14-15H2,1-4H3,(H,35,39)/b21-18-,26-10-. The Labute approximate surface area is 243 Å². The SMILES string of the molecule is CCC(O)(C=O)C(/C=C1/c2nc3cc(F)c(C)c4c3c(c2CN1C)C(NC(=O)C1COCCN1)CC4)=C(/C=O)COC. The Bertz CT molecular complexity index is 1500. The minimum Gasteiger partial charge on any atom is -0.380 e. The summed E-state index contributed by atoms with van der Waals surface area (Å²) in [4.78, 5) is 44.3. The normalized spacial score (nSPS) is 22.9. The molecule has 5 rings (SSSR count). The Balaban J connectivity index is 1.71. The summed E-state index contributed by atoms with van der Waals surface area (Å²) in [5.41, 5.74) is 3.07. The summed E-state index contributed by atoms with van der Waals surface area (Å²) >= 11 is 0. The lowest BCUT2D eigenvalue weighted by molar-refractivity contribution is -0.126. The van der Waals surface area contributed by atoms with E-state index in [1.54, 1.807) is 19.9 Å². The van der Waals surface area contributed by atoms with Crippen LogP contribution >= 0.6 is 0 Å². The van der Waals surface area contributed by atoms with Gasteiger partial charge in [0.05, 0.1) is 42.8 Å². The molecule has 3 aliphatic rings. The summed E-state index contributed by atoms with van der Waals surface area (Å²) < 4.78 is 25.8. The summed E-state index contributed by atoms with van der Waals surface area (Å²) in [7, 11) is 3.27. The Hall–Kier alpha value is -3.51. The Morgan fingerprint density at radius 3 is 2.81 bits per heavy atom. The number of morpholine rings is 1. The van der Waals surface area contributed by atoms with Gasteiger partial charge in [-0.15, -0.1) is 0 Å². The predicted octanol–water partition coefficient (Wildman–Crippen LogP) is 2.04. The van der Waals surface area contributed by atoms with E-state index in [1.807, 2.05) is 11.9 Å². The van der Waals surface area contributed by atoms with E-state index in [0.717, 1.165) is 22.1 Å². The Morgan fingerprint density at radius 1 is 1.38 bits per heavy atom. The summed E-state index contributed by atoms with van der Waals surface area (Å²) in [6.45, 7) is 5.15. The van der Waals surface area contributed by atoms with Gasteiger partial charge in [0.15, 0.2) is 6.29 Å². The van der Waals surface area contributed by atoms with E-state index in [9.17, 15) is 19.5 Å². The van der Waals surface area contributed by atoms with Crippen LogP contribution in [0.25, 0.3) is 16.6 Å². The molecule has 11 heteroatoms. The van der Waals surface area contributed by atoms with Gasteiger partial charge in [-0.2, -0.15) is 0 Å². The lowest BCUT2D eigenvalue weighted by Gasteiger charge is -2.31. The number of benzene rings is 1. The van der Waals surface area contributed by atoms with Crippen LogP contribution < -0.4 is 10.6 Å². The molecule has 3 atom stereocenters. The number of hydrogen-bond donors (Lipinski definition) is 3. The van der Waals surface area contributed by atoms with Crippen molar-refractivity contribution in [1.29, 1.82) is 0 Å². The van der Waals surface area contributed by atoms with Crippen molar-refractivity contribution in [2.24, 2.45) is 0 Å². The van der Waals surface area contributed by atoms with E-state index < -0.39 is 11.6 Å². The maximum absolute atomic E-state index is 15.1. The van der Waals surface area contributed by atoms with Crippen molar-refractivity contribution < 1.29 is 33.4 Å². The van der Waals surface area contributed by atoms with Gasteiger partial charge in [-0.25, -0.2) is 9.37 Å². The highest BCUT2D eigenvalue weighted by Gasteiger charge is 2.38. The third-order valence-corrected chi connectivity index (χ3v) is 8.65. The molecule has 1 saturated heterocycles. The second-order valence-corrected chi connectivity index (χ2v) is 11.2. The smallest absolute Gasteiger partial charge is 0.240 e. The third-order valence-electron chi connectivity index (χ3n) is 8.65. The molecule has 10 nitrogen and oxygen atoms in total. The van der Waals surface area contributed by atoms with Crippen molar-refractivity contribution in [3.8, 4) is 0 Å². The first-order valence-electron chi connectivity index (χ1n) is 14.2. The van der Waals surface area contributed by atoms with E-state index in [-0.39, 0.29) is 48.5 Å². The highest BCUT2D eigenvalue weighted by atomic mass is 19.1. The molecule has 0 saturated carbocycles. The molecule has 1 aromatic heterocycles. The average Bonchev–Trinajstić information content (AvgIpc) is 3.32. The summed E-state index contributed by atoms with van der Waals surface area (Å²) in [6, 6.07) is 0.604. The molecule has 3 unspecified atom stereocenters. The van der Waals surface area contributed by atoms with Gasteiger partial charge in [0.2, 0.25) is 5.91 Å². The number of amides is 1. The number of aromatic nitrogens is 1. The van der Waals surface area contributed by atoms with Crippen molar-refractivity contribution in [3.63, 3.8) is 0 Å². The number of pyridine rings is 1. The summed E-state index contributed by atoms with van der Waals surface area (Å²) in [5, 5.41) is 18.5. The molecule has 2 aromatic rings. The van der Waals surface area contributed by atoms with E-state index in [1.165, 1.54) is 13.2 Å². The van der Waals surface area contributed by atoms with Gasteiger partial charge in [-0.3, -0.25) is 14.4 Å². The zero-order valence-corrected chi connectivity index (χ0v) is 24.4. The number of ether oxygens (including phenoxy) is 2. The predicted molar refractivity (Wildman–Crippen MR) is 154 cm³/mol. The maximum atomic E-state index is 15.1. The zero-order valence-electron chi connectivity index (χ0n) is 24.4. The first-order valence-corrected chi connectivity index (χ1v) is 14.2. The van der Waals surface area contributed by atoms with Crippen LogP contribution in [0, 0.1) is 12.7 Å². The van der Waals surface area contributed by atoms with Crippen molar-refractivity contribution in [2.75, 3.05) is 40.5 Å². The van der Waals surface area contributed by atoms with Gasteiger partial charge in [0.25, 0.3) is 0 Å². The van der Waals surface area contributed by atoms with Crippen LogP contribution in [0.1, 0.15) is 53.8 Å². The van der Waals surface area contributed by atoms with E-state index >= 15 is 4.39 Å². The number of hydrogen-bond acceptors (Lipinski definition) is 9. The minimum atomic E-state index is -1.93. The number of aliphatic hydroxyl groups is 1. The summed E-state index contributed by atoms with van der Waals surface area (Å²) in [6.07, 6.45) is 3.80. The number of aldehydes is 2. The van der Waals surface area contributed by atoms with Crippen LogP contribution in [0.4, 0.5) is 4.39 Å². The minimum absolute atomic E-state index is 0.0323. The van der Waals surface area contributed by atoms with Crippen LogP contribution in [0.5, 0.6) is 0 Å². The molecule has 42 heavy (non-hydrogen) atoms. The number of halogens is 1. The number of carbonyl (C=O) groups is 3. The first kappa shape index (κ1) is 30.0. The van der Waals surface area contributed by atoms with Gasteiger partial charge >= 0.3 is 0 Å². The van der Waals surface area contributed by atoms with Crippen LogP contribution in [0.2, 0.25) is 0 Å². The molecular weight excluding hydrogens is 543 g/mol. The van der Waals surface area contributed by atoms with Gasteiger partial charge < -0.3 is 30.1 Å². The number of fused-ring (bicyclic) bond motifs is 2. The van der Waals surface area contributed by atoms with E-state index in [2.05, 4.69) is 10.6 Å². The second-order valence-electron chi connectivity index (χ2n) is 11.2. The molecule has 2 aliphatic heterocycles. The number of carbonyl (C=O) groups excluding carboxylic acids is 3. The summed E-state index contributed by atoms with van der Waals surface area (Å²) in [5.74, 6) is -0.522. The molecule has 1 amide bonds. The molecule has 0 bridgehead atoms. The van der Waals surface area contributed by atoms with E-state index in [0.29, 0.717) is 67.6 Å². The number of methoxy groups -OCH3 is 1. The first-order chi connectivity index (χ1) is 20.2. The Kier molecular flexibility index (Phi) is 8.56. The number of aryl methyl sites for hydroxylation is 1. The fourth-order valence-corrected chi connectivity index (χ4v) is 6.28. The van der Waals surface area contributed by atoms with Crippen LogP contribution in [0.3, 0.4) is 0 Å². The quantitative estimate of drug-likeness (QED) is 0.301. The number of nitrogens with one attached hydrogen (secondary N) is 2. The van der Waals surface area contributed by atoms with Gasteiger partial charge in [-0.1, -0.05) is 6.92 Å². The largest absolute Gasteiger partial charge is 0.380 e. The highest BCUT2D eigenvalue weighted by Crippen LogP contribution is 2.45. The van der Waals surface area contributed by atoms with Crippen molar-refractivity contribution in [1.82, 2.24) is 20.5 Å². The molecule has 3 heterocycles. The molecular formula is C31H37FN4O6. The molecule has 3 N–H and O–H groups in total. The zero-order chi connectivity index (χ0) is 30.2. The number of rotatable bonds is 9. The van der Waals surface area contributed by atoms with Gasteiger partial charge in [0, 0.05) is 55.4 Å². The van der Waals surface area contributed by atoms with E-state index in [4.69, 9.17) is 14.5 Å².